The predicted molar refractivity (Wildman–Crippen MR) is 66.6 cm³/mol. The first-order chi connectivity index (χ1) is 7.99. The number of hydrogen-bond donors (Lipinski definition) is 1. The summed E-state index contributed by atoms with van der Waals surface area (Å²) in [5.41, 5.74) is 1.28. The molecule has 1 aliphatic heterocycles. The van der Waals surface area contributed by atoms with Crippen LogP contribution >= 0.6 is 0 Å². The number of aliphatic hydroxyl groups is 1. The summed E-state index contributed by atoms with van der Waals surface area (Å²) in [6.07, 6.45) is 0. The van der Waals surface area contributed by atoms with Gasteiger partial charge in [-0.15, -0.1) is 0 Å². The van der Waals surface area contributed by atoms with Crippen LogP contribution in [0.15, 0.2) is 24.3 Å². The third-order valence-corrected chi connectivity index (χ3v) is 3.09. The number of likely N-dealkylation sites (tertiary alicyclic amines) is 1. The van der Waals surface area contributed by atoms with Crippen LogP contribution in [0, 0.1) is 11.3 Å². The summed E-state index contributed by atoms with van der Waals surface area (Å²) in [6.45, 7) is 6.21. The smallest absolute Gasteiger partial charge is 0.0994 e. The zero-order valence-electron chi connectivity index (χ0n) is 10.3. The lowest BCUT2D eigenvalue weighted by atomic mass is 9.87. The van der Waals surface area contributed by atoms with E-state index in [0.29, 0.717) is 12.5 Å². The van der Waals surface area contributed by atoms with Gasteiger partial charge >= 0.3 is 0 Å². The van der Waals surface area contributed by atoms with E-state index in [9.17, 15) is 5.11 Å². The minimum atomic E-state index is -0.639. The van der Waals surface area contributed by atoms with Gasteiger partial charge in [0, 0.05) is 25.6 Å². The van der Waals surface area contributed by atoms with E-state index in [-0.39, 0.29) is 0 Å². The van der Waals surface area contributed by atoms with Gasteiger partial charge in [0.05, 0.1) is 17.2 Å². The number of rotatable bonds is 3. The number of nitriles is 1. The lowest BCUT2D eigenvalue weighted by molar-refractivity contribution is 0.00733. The fourth-order valence-electron chi connectivity index (χ4n) is 2.40. The molecule has 1 heterocycles. The van der Waals surface area contributed by atoms with E-state index in [1.807, 2.05) is 38.1 Å². The van der Waals surface area contributed by atoms with Crippen molar-refractivity contribution in [3.05, 3.63) is 35.4 Å². The topological polar surface area (TPSA) is 47.3 Å². The normalized spacial score (nSPS) is 17.5. The van der Waals surface area contributed by atoms with E-state index in [0.717, 1.165) is 24.2 Å². The molecule has 90 valence electrons. The van der Waals surface area contributed by atoms with Gasteiger partial charge in [0.25, 0.3) is 0 Å². The van der Waals surface area contributed by atoms with Crippen LogP contribution in [-0.4, -0.2) is 35.2 Å². The molecular formula is C14H18N2O. The molecule has 1 N–H and O–H groups in total. The Morgan fingerprint density at radius 3 is 2.65 bits per heavy atom. The van der Waals surface area contributed by atoms with E-state index < -0.39 is 5.60 Å². The van der Waals surface area contributed by atoms with Crippen molar-refractivity contribution in [2.75, 3.05) is 19.6 Å². The van der Waals surface area contributed by atoms with Crippen molar-refractivity contribution in [2.45, 2.75) is 25.4 Å². The molecule has 0 aliphatic carbocycles. The molecule has 2 rings (SSSR count). The van der Waals surface area contributed by atoms with Gasteiger partial charge in [-0.05, 0) is 25.5 Å². The average molecular weight is 230 g/mol. The molecule has 0 saturated carbocycles. The van der Waals surface area contributed by atoms with E-state index in [1.165, 1.54) is 0 Å². The highest BCUT2D eigenvalue weighted by atomic mass is 16.3. The molecule has 17 heavy (non-hydrogen) atoms. The molecule has 1 aliphatic rings. The van der Waals surface area contributed by atoms with Crippen LogP contribution in [0.1, 0.15) is 30.9 Å². The van der Waals surface area contributed by atoms with Crippen molar-refractivity contribution in [3.63, 3.8) is 0 Å². The Bertz CT molecular complexity index is 436. The fourth-order valence-corrected chi connectivity index (χ4v) is 2.40. The SMILES string of the molecule is CC(C)(O)CN1CC(c2ccccc2C#N)C1. The van der Waals surface area contributed by atoms with E-state index in [1.54, 1.807) is 0 Å². The molecule has 1 aromatic carbocycles. The first kappa shape index (κ1) is 12.1. The molecule has 0 bridgehead atoms. The summed E-state index contributed by atoms with van der Waals surface area (Å²) < 4.78 is 0. The third-order valence-electron chi connectivity index (χ3n) is 3.09. The quantitative estimate of drug-likeness (QED) is 0.860. The van der Waals surface area contributed by atoms with Crippen LogP contribution in [0.5, 0.6) is 0 Å². The van der Waals surface area contributed by atoms with Crippen LogP contribution < -0.4 is 0 Å². The maximum Gasteiger partial charge on any atom is 0.0994 e. The molecule has 0 amide bonds. The lowest BCUT2D eigenvalue weighted by Gasteiger charge is -2.42. The van der Waals surface area contributed by atoms with Crippen molar-refractivity contribution in [1.82, 2.24) is 4.90 Å². The minimum Gasteiger partial charge on any atom is -0.389 e. The van der Waals surface area contributed by atoms with Crippen LogP contribution in [0.2, 0.25) is 0 Å². The summed E-state index contributed by atoms with van der Waals surface area (Å²) in [5.74, 6) is 0.438. The summed E-state index contributed by atoms with van der Waals surface area (Å²) in [5, 5.41) is 18.8. The standard InChI is InChI=1S/C14H18N2O/c1-14(2,17)10-16-8-12(9-16)13-6-4-3-5-11(13)7-15/h3-6,12,17H,8-10H2,1-2H3. The zero-order chi connectivity index (χ0) is 12.5. The molecule has 0 unspecified atom stereocenters. The lowest BCUT2D eigenvalue weighted by Crippen LogP contribution is -2.50. The molecule has 1 saturated heterocycles. The van der Waals surface area contributed by atoms with Crippen molar-refractivity contribution in [1.29, 1.82) is 5.26 Å². The molecule has 0 atom stereocenters. The Labute approximate surface area is 102 Å². The second-order valence-corrected chi connectivity index (χ2v) is 5.40. The van der Waals surface area contributed by atoms with Crippen molar-refractivity contribution in [3.8, 4) is 6.07 Å². The van der Waals surface area contributed by atoms with Gasteiger partial charge in [0.2, 0.25) is 0 Å². The van der Waals surface area contributed by atoms with Crippen molar-refractivity contribution >= 4 is 0 Å². The summed E-state index contributed by atoms with van der Waals surface area (Å²) in [6, 6.07) is 10.0. The van der Waals surface area contributed by atoms with Gasteiger partial charge in [-0.1, -0.05) is 18.2 Å². The Kier molecular flexibility index (Phi) is 3.19. The highest BCUT2D eigenvalue weighted by Crippen LogP contribution is 2.29. The second-order valence-electron chi connectivity index (χ2n) is 5.40. The van der Waals surface area contributed by atoms with Gasteiger partial charge in [-0.2, -0.15) is 5.26 Å². The van der Waals surface area contributed by atoms with Crippen molar-refractivity contribution in [2.24, 2.45) is 0 Å². The van der Waals surface area contributed by atoms with Crippen LogP contribution in [0.3, 0.4) is 0 Å². The maximum atomic E-state index is 9.72. The third kappa shape index (κ3) is 2.85. The number of nitrogens with zero attached hydrogens (tertiary/aromatic N) is 2. The Morgan fingerprint density at radius 2 is 2.06 bits per heavy atom. The van der Waals surface area contributed by atoms with Crippen molar-refractivity contribution < 1.29 is 5.11 Å². The number of β-amino-alcohol motifs (C(OH)–C–C–N with tert-alkyl or cyclic N) is 1. The molecule has 0 spiro atoms. The molecule has 0 radical (unpaired) electrons. The average Bonchev–Trinajstić information content (AvgIpc) is 2.21. The molecule has 3 nitrogen and oxygen atoms in total. The summed E-state index contributed by atoms with van der Waals surface area (Å²) >= 11 is 0. The molecular weight excluding hydrogens is 212 g/mol. The largest absolute Gasteiger partial charge is 0.389 e. The van der Waals surface area contributed by atoms with E-state index in [2.05, 4.69) is 11.0 Å². The highest BCUT2D eigenvalue weighted by molar-refractivity contribution is 5.41. The molecule has 1 fully saturated rings. The predicted octanol–water partition coefficient (Wildman–Crippen LogP) is 1.73. The molecule has 3 heteroatoms. The summed E-state index contributed by atoms with van der Waals surface area (Å²) in [4.78, 5) is 2.22. The Balaban J connectivity index is 1.98. The monoisotopic (exact) mass is 230 g/mol. The number of benzene rings is 1. The molecule has 0 aromatic heterocycles. The van der Waals surface area contributed by atoms with Gasteiger partial charge in [-0.25, -0.2) is 0 Å². The first-order valence-corrected chi connectivity index (χ1v) is 5.93. The van der Waals surface area contributed by atoms with Gasteiger partial charge < -0.3 is 5.11 Å². The highest BCUT2D eigenvalue weighted by Gasteiger charge is 2.32. The van der Waals surface area contributed by atoms with Crippen LogP contribution in [0.4, 0.5) is 0 Å². The fraction of sp³-hybridized carbons (Fsp3) is 0.500. The Hall–Kier alpha value is -1.37. The van der Waals surface area contributed by atoms with E-state index in [4.69, 9.17) is 5.26 Å². The summed E-state index contributed by atoms with van der Waals surface area (Å²) in [7, 11) is 0. The Morgan fingerprint density at radius 1 is 1.41 bits per heavy atom. The van der Waals surface area contributed by atoms with E-state index >= 15 is 0 Å². The zero-order valence-corrected chi connectivity index (χ0v) is 10.3. The van der Waals surface area contributed by atoms with Crippen LogP contribution in [0.25, 0.3) is 0 Å². The maximum absolute atomic E-state index is 9.72. The van der Waals surface area contributed by atoms with Gasteiger partial charge in [-0.3, -0.25) is 4.90 Å². The van der Waals surface area contributed by atoms with Gasteiger partial charge in [0.15, 0.2) is 0 Å². The molecule has 1 aromatic rings. The van der Waals surface area contributed by atoms with Gasteiger partial charge in [0.1, 0.15) is 0 Å². The second kappa shape index (κ2) is 4.48. The number of hydrogen-bond acceptors (Lipinski definition) is 3. The minimum absolute atomic E-state index is 0.438. The van der Waals surface area contributed by atoms with Crippen LogP contribution in [-0.2, 0) is 0 Å². The first-order valence-electron chi connectivity index (χ1n) is 5.93.